The van der Waals surface area contributed by atoms with Crippen LogP contribution in [0.3, 0.4) is 0 Å². The number of hydrogen-bond donors (Lipinski definition) is 0. The summed E-state index contributed by atoms with van der Waals surface area (Å²) in [5.41, 5.74) is 0.687. The monoisotopic (exact) mass is 628 g/mol. The SMILES string of the molecule is CCN(CC)CCN(C(=O)c1ccc(S(=O)(=O)N2CCCCCC2)cc1)c1nc2c(S(C)(=O)=O)cccc2s1.Cl. The molecular formula is C27H37ClN4O5S3. The zero-order valence-corrected chi connectivity index (χ0v) is 26.3. The van der Waals surface area contributed by atoms with Gasteiger partial charge in [-0.25, -0.2) is 21.8 Å². The molecule has 1 saturated heterocycles. The third-order valence-corrected chi connectivity index (χ3v) is 11.2. The fraction of sp³-hybridized carbons (Fsp3) is 0.481. The Bertz CT molecular complexity index is 1510. The van der Waals surface area contributed by atoms with Crippen LogP contribution in [-0.2, 0) is 19.9 Å². The molecule has 0 aliphatic carbocycles. The molecule has 220 valence electrons. The maximum atomic E-state index is 13.8. The van der Waals surface area contributed by atoms with Crippen molar-refractivity contribution >= 4 is 64.9 Å². The van der Waals surface area contributed by atoms with Crippen molar-refractivity contribution in [3.8, 4) is 0 Å². The van der Waals surface area contributed by atoms with Crippen molar-refractivity contribution < 1.29 is 21.6 Å². The molecule has 1 fully saturated rings. The van der Waals surface area contributed by atoms with Gasteiger partial charge in [0.1, 0.15) is 5.52 Å². The van der Waals surface area contributed by atoms with E-state index in [1.807, 2.05) is 0 Å². The lowest BCUT2D eigenvalue weighted by Crippen LogP contribution is -2.39. The zero-order valence-electron chi connectivity index (χ0n) is 23.1. The lowest BCUT2D eigenvalue weighted by molar-refractivity contribution is 0.0983. The van der Waals surface area contributed by atoms with Gasteiger partial charge in [-0.15, -0.1) is 12.4 Å². The largest absolute Gasteiger partial charge is 0.302 e. The van der Waals surface area contributed by atoms with Crippen LogP contribution in [0.15, 0.2) is 52.3 Å². The molecule has 0 atom stereocenters. The number of sulfone groups is 1. The molecule has 0 bridgehead atoms. The molecule has 2 heterocycles. The van der Waals surface area contributed by atoms with Gasteiger partial charge in [0.2, 0.25) is 10.0 Å². The number of carbonyl (C=O) groups is 1. The number of rotatable bonds is 10. The second kappa shape index (κ2) is 13.7. The smallest absolute Gasteiger partial charge is 0.260 e. The third-order valence-electron chi connectivity index (χ3n) is 7.08. The van der Waals surface area contributed by atoms with E-state index in [4.69, 9.17) is 0 Å². The van der Waals surface area contributed by atoms with Crippen LogP contribution >= 0.6 is 23.7 Å². The van der Waals surface area contributed by atoms with E-state index in [9.17, 15) is 21.6 Å². The van der Waals surface area contributed by atoms with Gasteiger partial charge in [0.25, 0.3) is 5.91 Å². The molecular weight excluding hydrogens is 592 g/mol. The fourth-order valence-electron chi connectivity index (χ4n) is 4.75. The van der Waals surface area contributed by atoms with E-state index in [1.54, 1.807) is 29.2 Å². The number of benzene rings is 2. The van der Waals surface area contributed by atoms with E-state index in [0.29, 0.717) is 47.1 Å². The first kappa shape index (κ1) is 32.4. The summed E-state index contributed by atoms with van der Waals surface area (Å²) in [5.74, 6) is -0.319. The first-order chi connectivity index (χ1) is 18.6. The number of carbonyl (C=O) groups excluding carboxylic acids is 1. The summed E-state index contributed by atoms with van der Waals surface area (Å²) in [6.45, 7) is 7.71. The number of likely N-dealkylation sites (N-methyl/N-ethyl adjacent to an activating group) is 1. The number of fused-ring (bicyclic) bond motifs is 1. The summed E-state index contributed by atoms with van der Waals surface area (Å²) in [4.78, 5) is 22.5. The molecule has 0 unspecified atom stereocenters. The topological polar surface area (TPSA) is 108 Å². The average molecular weight is 629 g/mol. The van der Waals surface area contributed by atoms with Gasteiger partial charge in [-0.2, -0.15) is 4.31 Å². The Kier molecular flexibility index (Phi) is 11.1. The third kappa shape index (κ3) is 7.21. The number of aromatic nitrogens is 1. The highest BCUT2D eigenvalue weighted by Crippen LogP contribution is 2.33. The van der Waals surface area contributed by atoms with Crippen LogP contribution in [0.2, 0.25) is 0 Å². The Hall–Kier alpha value is -2.09. The summed E-state index contributed by atoms with van der Waals surface area (Å²) < 4.78 is 53.3. The molecule has 13 heteroatoms. The Morgan fingerprint density at radius 2 is 1.55 bits per heavy atom. The predicted octanol–water partition coefficient (Wildman–Crippen LogP) is 4.67. The first-order valence-corrected chi connectivity index (χ1v) is 17.4. The minimum absolute atomic E-state index is 0. The molecule has 40 heavy (non-hydrogen) atoms. The van der Waals surface area contributed by atoms with Gasteiger partial charge in [-0.1, -0.05) is 44.1 Å². The zero-order chi connectivity index (χ0) is 28.2. The second-order valence-electron chi connectivity index (χ2n) is 9.70. The number of halogens is 1. The maximum absolute atomic E-state index is 13.8. The highest BCUT2D eigenvalue weighted by molar-refractivity contribution is 7.91. The Balaban J connectivity index is 0.00000441. The van der Waals surface area contributed by atoms with Gasteiger partial charge < -0.3 is 4.90 Å². The molecule has 0 saturated carbocycles. The quantitative estimate of drug-likeness (QED) is 0.321. The molecule has 1 aliphatic heterocycles. The Labute approximate surface area is 247 Å². The van der Waals surface area contributed by atoms with Gasteiger partial charge in [-0.3, -0.25) is 9.69 Å². The first-order valence-electron chi connectivity index (χ1n) is 13.3. The summed E-state index contributed by atoms with van der Waals surface area (Å²) in [7, 11) is -7.14. The average Bonchev–Trinajstić information content (AvgIpc) is 3.14. The van der Waals surface area contributed by atoms with E-state index >= 15 is 0 Å². The van der Waals surface area contributed by atoms with E-state index in [1.165, 1.54) is 33.8 Å². The van der Waals surface area contributed by atoms with Gasteiger partial charge in [0, 0.05) is 38.0 Å². The van der Waals surface area contributed by atoms with Gasteiger partial charge in [0.15, 0.2) is 15.0 Å². The molecule has 3 aromatic rings. The number of sulfonamides is 1. The van der Waals surface area contributed by atoms with E-state index in [2.05, 4.69) is 23.7 Å². The standard InChI is InChI=1S/C27H36N4O5S3.ClH/c1-4-29(5-2)19-20-31(27-28-25-23(37-27)11-10-12-24(25)38(3,33)34)26(32)21-13-15-22(16-14-21)39(35,36)30-17-8-6-7-9-18-30;/h10-16H,4-9,17-20H2,1-3H3;1H. The van der Waals surface area contributed by atoms with E-state index in [0.717, 1.165) is 45.0 Å². The lowest BCUT2D eigenvalue weighted by Gasteiger charge is -2.25. The van der Waals surface area contributed by atoms with Gasteiger partial charge in [-0.05, 0) is 62.3 Å². The van der Waals surface area contributed by atoms with Crippen molar-refractivity contribution in [1.29, 1.82) is 0 Å². The highest BCUT2D eigenvalue weighted by atomic mass is 35.5. The van der Waals surface area contributed by atoms with Crippen molar-refractivity contribution in [2.75, 3.05) is 50.4 Å². The number of nitrogens with zero attached hydrogens (tertiary/aromatic N) is 4. The molecule has 9 nitrogen and oxygen atoms in total. The summed E-state index contributed by atoms with van der Waals surface area (Å²) in [6, 6.07) is 11.1. The van der Waals surface area contributed by atoms with Crippen LogP contribution < -0.4 is 4.90 Å². The molecule has 2 aromatic carbocycles. The predicted molar refractivity (Wildman–Crippen MR) is 163 cm³/mol. The summed E-state index contributed by atoms with van der Waals surface area (Å²) >= 11 is 1.26. The van der Waals surface area contributed by atoms with E-state index in [-0.39, 0.29) is 28.1 Å². The highest BCUT2D eigenvalue weighted by Gasteiger charge is 2.27. The number of hydrogen-bond acceptors (Lipinski definition) is 8. The second-order valence-corrected chi connectivity index (χ2v) is 14.6. The lowest BCUT2D eigenvalue weighted by atomic mass is 10.2. The van der Waals surface area contributed by atoms with Crippen LogP contribution in [0.25, 0.3) is 10.2 Å². The molecule has 4 rings (SSSR count). The minimum Gasteiger partial charge on any atom is -0.302 e. The van der Waals surface area contributed by atoms with E-state index < -0.39 is 19.9 Å². The Morgan fingerprint density at radius 1 is 0.925 bits per heavy atom. The molecule has 1 aliphatic rings. The van der Waals surface area contributed by atoms with Crippen LogP contribution in [0.4, 0.5) is 5.13 Å². The molecule has 1 aromatic heterocycles. The van der Waals surface area contributed by atoms with Crippen LogP contribution in [0.1, 0.15) is 49.9 Å². The summed E-state index contributed by atoms with van der Waals surface area (Å²) in [6.07, 6.45) is 4.90. The van der Waals surface area contributed by atoms with Gasteiger partial charge >= 0.3 is 0 Å². The minimum atomic E-state index is -3.63. The van der Waals surface area contributed by atoms with Crippen LogP contribution in [0, 0.1) is 0 Å². The molecule has 0 N–H and O–H groups in total. The molecule has 0 radical (unpaired) electrons. The molecule has 1 amide bonds. The van der Waals surface area contributed by atoms with Crippen molar-refractivity contribution in [3.05, 3.63) is 48.0 Å². The fourth-order valence-corrected chi connectivity index (χ4v) is 8.18. The maximum Gasteiger partial charge on any atom is 0.260 e. The number of amides is 1. The van der Waals surface area contributed by atoms with Crippen LogP contribution in [0.5, 0.6) is 0 Å². The molecule has 0 spiro atoms. The summed E-state index contributed by atoms with van der Waals surface area (Å²) in [5, 5.41) is 0.402. The number of anilines is 1. The van der Waals surface area contributed by atoms with Crippen molar-refractivity contribution in [2.45, 2.75) is 49.3 Å². The van der Waals surface area contributed by atoms with Crippen molar-refractivity contribution in [3.63, 3.8) is 0 Å². The van der Waals surface area contributed by atoms with Gasteiger partial charge in [0.05, 0.1) is 14.5 Å². The Morgan fingerprint density at radius 3 is 2.12 bits per heavy atom. The van der Waals surface area contributed by atoms with Crippen molar-refractivity contribution in [2.24, 2.45) is 0 Å². The normalized spacial score (nSPS) is 15.1. The van der Waals surface area contributed by atoms with Crippen LogP contribution in [-0.4, -0.2) is 82.5 Å². The number of para-hydroxylation sites is 1. The van der Waals surface area contributed by atoms with Crippen molar-refractivity contribution in [1.82, 2.24) is 14.2 Å². The number of thiazole rings is 1.